The highest BCUT2D eigenvalue weighted by atomic mass is 16.5. The molecule has 1 spiro atoms. The van der Waals surface area contributed by atoms with E-state index in [1.54, 1.807) is 12.3 Å². The SMILES string of the molecule is COC(=O)c1ccn(-c2ccc(C(=O)N3CCC4(C=CCCC4)Cc4ccccc43)cc2)c1. The quantitative estimate of drug-likeness (QED) is 0.394. The summed E-state index contributed by atoms with van der Waals surface area (Å²) in [6, 6.07) is 17.6. The zero-order chi connectivity index (χ0) is 22.8. The first-order chi connectivity index (χ1) is 16.1. The van der Waals surface area contributed by atoms with Crippen molar-refractivity contribution in [2.24, 2.45) is 5.41 Å². The van der Waals surface area contributed by atoms with Gasteiger partial charge in [0.25, 0.3) is 5.91 Å². The minimum Gasteiger partial charge on any atom is -0.465 e. The van der Waals surface area contributed by atoms with Crippen LogP contribution in [0.15, 0.2) is 79.1 Å². The number of esters is 1. The number of allylic oxidation sites excluding steroid dienone is 2. The van der Waals surface area contributed by atoms with Crippen LogP contribution < -0.4 is 4.90 Å². The number of anilines is 1. The van der Waals surface area contributed by atoms with Gasteiger partial charge in [0, 0.05) is 35.9 Å². The van der Waals surface area contributed by atoms with E-state index in [9.17, 15) is 9.59 Å². The topological polar surface area (TPSA) is 51.5 Å². The summed E-state index contributed by atoms with van der Waals surface area (Å²) in [6.45, 7) is 0.710. The molecule has 2 heterocycles. The Morgan fingerprint density at radius 1 is 0.970 bits per heavy atom. The molecule has 0 fully saturated rings. The van der Waals surface area contributed by atoms with Gasteiger partial charge in [-0.05, 0) is 79.5 Å². The van der Waals surface area contributed by atoms with Crippen LogP contribution >= 0.6 is 0 Å². The number of ether oxygens (including phenoxy) is 1. The van der Waals surface area contributed by atoms with Crippen LogP contribution in [0.25, 0.3) is 5.69 Å². The van der Waals surface area contributed by atoms with E-state index in [1.165, 1.54) is 25.5 Å². The van der Waals surface area contributed by atoms with Gasteiger partial charge < -0.3 is 14.2 Å². The number of nitrogens with zero attached hydrogens (tertiary/aromatic N) is 2. The molecule has 0 saturated carbocycles. The van der Waals surface area contributed by atoms with E-state index < -0.39 is 0 Å². The van der Waals surface area contributed by atoms with Crippen LogP contribution in [0, 0.1) is 5.41 Å². The van der Waals surface area contributed by atoms with E-state index >= 15 is 0 Å². The van der Waals surface area contributed by atoms with Crippen molar-refractivity contribution >= 4 is 17.6 Å². The smallest absolute Gasteiger partial charge is 0.339 e. The maximum Gasteiger partial charge on any atom is 0.339 e. The number of benzene rings is 2. The van der Waals surface area contributed by atoms with E-state index in [1.807, 2.05) is 46.0 Å². The molecule has 0 saturated heterocycles. The number of methoxy groups -OCH3 is 1. The summed E-state index contributed by atoms with van der Waals surface area (Å²) in [5.41, 5.74) is 4.45. The highest BCUT2D eigenvalue weighted by Gasteiger charge is 2.35. The highest BCUT2D eigenvalue weighted by Crippen LogP contribution is 2.43. The number of rotatable bonds is 3. The third-order valence-electron chi connectivity index (χ3n) is 6.95. The van der Waals surface area contributed by atoms with E-state index in [2.05, 4.69) is 30.4 Å². The van der Waals surface area contributed by atoms with Gasteiger partial charge in [-0.1, -0.05) is 30.4 Å². The lowest BCUT2D eigenvalue weighted by Crippen LogP contribution is -2.33. The van der Waals surface area contributed by atoms with E-state index in [4.69, 9.17) is 4.74 Å². The second kappa shape index (κ2) is 8.74. The molecule has 0 N–H and O–H groups in total. The van der Waals surface area contributed by atoms with Gasteiger partial charge in [0.2, 0.25) is 0 Å². The van der Waals surface area contributed by atoms with Crippen LogP contribution in [-0.4, -0.2) is 30.1 Å². The molecule has 168 valence electrons. The predicted octanol–water partition coefficient (Wildman–Crippen LogP) is 5.58. The average molecular weight is 441 g/mol. The van der Waals surface area contributed by atoms with Crippen molar-refractivity contribution in [1.82, 2.24) is 4.57 Å². The third-order valence-corrected chi connectivity index (χ3v) is 6.95. The Labute approximate surface area is 194 Å². The molecule has 1 atom stereocenters. The molecule has 5 nitrogen and oxygen atoms in total. The molecule has 3 aromatic rings. The molecule has 5 rings (SSSR count). The Kier molecular flexibility index (Phi) is 5.63. The van der Waals surface area contributed by atoms with Gasteiger partial charge >= 0.3 is 5.97 Å². The van der Waals surface area contributed by atoms with Gasteiger partial charge in [0.05, 0.1) is 12.7 Å². The maximum atomic E-state index is 13.6. The highest BCUT2D eigenvalue weighted by molar-refractivity contribution is 6.06. The lowest BCUT2D eigenvalue weighted by atomic mass is 9.72. The third kappa shape index (κ3) is 4.11. The number of fused-ring (bicyclic) bond motifs is 1. The molecule has 1 aliphatic carbocycles. The Morgan fingerprint density at radius 2 is 1.79 bits per heavy atom. The summed E-state index contributed by atoms with van der Waals surface area (Å²) < 4.78 is 6.63. The van der Waals surface area contributed by atoms with Gasteiger partial charge in [-0.15, -0.1) is 0 Å². The first kappa shape index (κ1) is 21.3. The first-order valence-electron chi connectivity index (χ1n) is 11.5. The van der Waals surface area contributed by atoms with E-state index in [0.29, 0.717) is 17.7 Å². The molecule has 1 amide bonds. The molecule has 5 heteroatoms. The molecule has 1 aromatic heterocycles. The normalized spacial score (nSPS) is 19.7. The molecule has 33 heavy (non-hydrogen) atoms. The molecule has 2 aliphatic rings. The summed E-state index contributed by atoms with van der Waals surface area (Å²) in [7, 11) is 1.37. The van der Waals surface area contributed by atoms with Crippen LogP contribution in [0.5, 0.6) is 0 Å². The van der Waals surface area contributed by atoms with Crippen LogP contribution in [0.4, 0.5) is 5.69 Å². The van der Waals surface area contributed by atoms with Crippen LogP contribution in [-0.2, 0) is 11.2 Å². The zero-order valence-electron chi connectivity index (χ0n) is 18.9. The van der Waals surface area contributed by atoms with Crippen LogP contribution in [0.1, 0.15) is 52.0 Å². The fourth-order valence-corrected chi connectivity index (χ4v) is 5.13. The van der Waals surface area contributed by atoms with E-state index in [0.717, 1.165) is 30.6 Å². The monoisotopic (exact) mass is 440 g/mol. The Balaban J connectivity index is 1.41. The van der Waals surface area contributed by atoms with Gasteiger partial charge in [-0.3, -0.25) is 4.79 Å². The van der Waals surface area contributed by atoms with Crippen molar-refractivity contribution in [2.45, 2.75) is 32.1 Å². The molecular weight excluding hydrogens is 412 g/mol. The number of hydrogen-bond donors (Lipinski definition) is 0. The number of para-hydroxylation sites is 1. The lowest BCUT2D eigenvalue weighted by molar-refractivity contribution is 0.0600. The number of amides is 1. The molecule has 1 aliphatic heterocycles. The summed E-state index contributed by atoms with van der Waals surface area (Å²) in [4.78, 5) is 27.3. The summed E-state index contributed by atoms with van der Waals surface area (Å²) >= 11 is 0. The molecule has 1 unspecified atom stereocenters. The van der Waals surface area contributed by atoms with Crippen molar-refractivity contribution in [3.8, 4) is 5.69 Å². The maximum absolute atomic E-state index is 13.6. The summed E-state index contributed by atoms with van der Waals surface area (Å²) in [5.74, 6) is -0.348. The minimum atomic E-state index is -0.369. The number of carbonyl (C=O) groups excluding carboxylic acids is 2. The predicted molar refractivity (Wildman–Crippen MR) is 129 cm³/mol. The van der Waals surface area contributed by atoms with Gasteiger partial charge in [0.1, 0.15) is 0 Å². The molecule has 0 radical (unpaired) electrons. The van der Waals surface area contributed by atoms with Crippen LogP contribution in [0.2, 0.25) is 0 Å². The van der Waals surface area contributed by atoms with Crippen molar-refractivity contribution < 1.29 is 14.3 Å². The minimum absolute atomic E-state index is 0.0218. The second-order valence-corrected chi connectivity index (χ2v) is 9.02. The number of hydrogen-bond acceptors (Lipinski definition) is 3. The fourth-order valence-electron chi connectivity index (χ4n) is 5.13. The second-order valence-electron chi connectivity index (χ2n) is 9.02. The first-order valence-corrected chi connectivity index (χ1v) is 11.5. The largest absolute Gasteiger partial charge is 0.465 e. The number of aromatic nitrogens is 1. The van der Waals surface area contributed by atoms with Gasteiger partial charge in [0.15, 0.2) is 0 Å². The molecule has 0 bridgehead atoms. The van der Waals surface area contributed by atoms with Gasteiger partial charge in [-0.25, -0.2) is 4.79 Å². The van der Waals surface area contributed by atoms with Gasteiger partial charge in [-0.2, -0.15) is 0 Å². The number of carbonyl (C=O) groups is 2. The molecular formula is C28H28N2O3. The molecule has 2 aromatic carbocycles. The average Bonchev–Trinajstić information content (AvgIpc) is 3.30. The lowest BCUT2D eigenvalue weighted by Gasteiger charge is -2.32. The zero-order valence-corrected chi connectivity index (χ0v) is 18.9. The Bertz CT molecular complexity index is 1210. The summed E-state index contributed by atoms with van der Waals surface area (Å²) in [5, 5.41) is 0. The fraction of sp³-hybridized carbons (Fsp3) is 0.286. The van der Waals surface area contributed by atoms with Crippen molar-refractivity contribution in [2.75, 3.05) is 18.6 Å². The standard InChI is InChI=1S/C28H28N2O3/c1-33-27(32)23-13-17-29(20-23)24-11-9-21(10-12-24)26(31)30-18-16-28(14-5-2-6-15-28)19-22-7-3-4-8-25(22)30/h3-5,7-14,17,20H,2,6,15-16,18-19H2,1H3. The Morgan fingerprint density at radius 3 is 2.55 bits per heavy atom. The Hall–Kier alpha value is -3.60. The van der Waals surface area contributed by atoms with E-state index in [-0.39, 0.29) is 17.3 Å². The summed E-state index contributed by atoms with van der Waals surface area (Å²) in [6.07, 6.45) is 13.8. The van der Waals surface area contributed by atoms with Crippen molar-refractivity contribution in [3.05, 3.63) is 95.8 Å². The van der Waals surface area contributed by atoms with Crippen molar-refractivity contribution in [3.63, 3.8) is 0 Å². The van der Waals surface area contributed by atoms with Crippen LogP contribution in [0.3, 0.4) is 0 Å². The van der Waals surface area contributed by atoms with Crippen molar-refractivity contribution in [1.29, 1.82) is 0 Å².